The first-order chi connectivity index (χ1) is 9.20. The maximum Gasteiger partial charge on any atom is 4.00 e. The fourth-order valence-electron chi connectivity index (χ4n) is 1.44. The molecule has 0 saturated carbocycles. The van der Waals surface area contributed by atoms with Crippen LogP contribution in [0.15, 0.2) is 0 Å². The predicted molar refractivity (Wildman–Crippen MR) is 52.9 cm³/mol. The van der Waals surface area contributed by atoms with Gasteiger partial charge >= 0.3 is 41.2 Å². The van der Waals surface area contributed by atoms with E-state index in [0.717, 1.165) is 9.80 Å². The van der Waals surface area contributed by atoms with Gasteiger partial charge in [-0.3, -0.25) is 9.80 Å². The van der Waals surface area contributed by atoms with Crippen LogP contribution >= 0.6 is 0 Å². The molecule has 0 amide bonds. The largest absolute Gasteiger partial charge is 4.00 e. The second kappa shape index (κ2) is 13.8. The van der Waals surface area contributed by atoms with E-state index < -0.39 is 50.1 Å². The van der Waals surface area contributed by atoms with Gasteiger partial charge in [-0.25, -0.2) is 0 Å². The van der Waals surface area contributed by atoms with Crippen molar-refractivity contribution in [2.45, 2.75) is 0 Å². The van der Waals surface area contributed by atoms with E-state index in [2.05, 4.69) is 0 Å². The van der Waals surface area contributed by atoms with Crippen molar-refractivity contribution in [3.05, 3.63) is 0 Å². The number of carbonyl (C=O) groups is 4. The molecule has 0 aliphatic carbocycles. The fraction of sp³-hybridized carbons (Fsp3) is 0.600. The van der Waals surface area contributed by atoms with Crippen LogP contribution in [0.3, 0.4) is 0 Å². The molecule has 0 aliphatic heterocycles. The van der Waals surface area contributed by atoms with Crippen LogP contribution in [0, 0.1) is 0 Å². The molecule has 0 radical (unpaired) electrons. The zero-order valence-corrected chi connectivity index (χ0v) is 16.1. The van der Waals surface area contributed by atoms with E-state index in [1.807, 2.05) is 0 Å². The molecule has 0 aromatic carbocycles. The Labute approximate surface area is 153 Å². The second-order valence-corrected chi connectivity index (χ2v) is 3.91. The number of carboxylic acids is 4. The topological polar surface area (TPSA) is 167 Å². The van der Waals surface area contributed by atoms with Gasteiger partial charge < -0.3 is 39.6 Å². The minimum absolute atomic E-state index is 0. The molecule has 114 valence electrons. The summed E-state index contributed by atoms with van der Waals surface area (Å²) in [5.41, 5.74) is 0. The summed E-state index contributed by atoms with van der Waals surface area (Å²) in [6.07, 6.45) is 0. The third-order valence-corrected chi connectivity index (χ3v) is 2.14. The molecule has 0 unspecified atom stereocenters. The molecule has 0 atom stereocenters. The van der Waals surface area contributed by atoms with Crippen molar-refractivity contribution in [1.82, 2.24) is 9.80 Å². The summed E-state index contributed by atoms with van der Waals surface area (Å²) in [6, 6.07) is 0. The van der Waals surface area contributed by atoms with E-state index >= 15 is 0 Å². The number of carboxylic acid groups (broad SMARTS) is 4. The third-order valence-electron chi connectivity index (χ3n) is 2.14. The van der Waals surface area contributed by atoms with E-state index in [0.29, 0.717) is 0 Å². The van der Waals surface area contributed by atoms with Crippen LogP contribution in [0.5, 0.6) is 0 Å². The summed E-state index contributed by atoms with van der Waals surface area (Å²) in [6.45, 7) is -3.25. The number of aliphatic carboxylic acids is 4. The van der Waals surface area contributed by atoms with Crippen LogP contribution in [0.4, 0.5) is 0 Å². The monoisotopic (exact) mass is 400 g/mol. The van der Waals surface area contributed by atoms with Crippen molar-refractivity contribution in [3.8, 4) is 0 Å². The number of nitrogens with zero attached hydrogens (tertiary/aromatic N) is 2. The van der Waals surface area contributed by atoms with Gasteiger partial charge in [-0.1, -0.05) is 0 Å². The zero-order chi connectivity index (χ0) is 15.7. The molecular formula is C10H12N2O8TiZn+2. The van der Waals surface area contributed by atoms with Crippen LogP contribution in [0.2, 0.25) is 0 Å². The fourth-order valence-corrected chi connectivity index (χ4v) is 1.44. The molecule has 0 aromatic rings. The Hall–Kier alpha value is -0.862. The Morgan fingerprint density at radius 2 is 0.773 bits per heavy atom. The van der Waals surface area contributed by atoms with E-state index in [1.54, 1.807) is 0 Å². The van der Waals surface area contributed by atoms with Gasteiger partial charge in [0.2, 0.25) is 0 Å². The SMILES string of the molecule is O=C([O-])CN(CCN(CC(=O)[O-])CC(=O)[O-])CC(=O)[O-].[Ti+4].[Zn+2]. The van der Waals surface area contributed by atoms with Gasteiger partial charge in [0.1, 0.15) is 0 Å². The van der Waals surface area contributed by atoms with E-state index in [-0.39, 0.29) is 54.3 Å². The normalized spacial score (nSPS) is 9.73. The summed E-state index contributed by atoms with van der Waals surface area (Å²) in [5.74, 6) is -6.12. The molecule has 0 fully saturated rings. The Morgan fingerprint density at radius 3 is 0.909 bits per heavy atom. The Kier molecular flexibility index (Phi) is 16.3. The van der Waals surface area contributed by atoms with Gasteiger partial charge in [-0.15, -0.1) is 0 Å². The van der Waals surface area contributed by atoms with Gasteiger partial charge in [-0.2, -0.15) is 0 Å². The zero-order valence-electron chi connectivity index (χ0n) is 11.6. The molecule has 0 bridgehead atoms. The van der Waals surface area contributed by atoms with Crippen LogP contribution in [0.25, 0.3) is 0 Å². The minimum Gasteiger partial charge on any atom is -0.549 e. The van der Waals surface area contributed by atoms with Crippen molar-refractivity contribution in [2.75, 3.05) is 39.3 Å². The standard InChI is InChI=1S/C10H16N2O8.Ti.Zn/c13-7(14)3-11(4-8(15)16)1-2-12(5-9(17)18)6-10(19)20;;/h1-6H2,(H,13,14)(H,15,16)(H,17,18)(H,19,20);;/q;+4;+2/p-4. The third kappa shape index (κ3) is 15.5. The quantitative estimate of drug-likeness (QED) is 0.303. The number of carbonyl (C=O) groups excluding carboxylic acids is 4. The van der Waals surface area contributed by atoms with Gasteiger partial charge in [0, 0.05) is 39.3 Å². The average Bonchev–Trinajstić information content (AvgIpc) is 2.22. The Balaban J connectivity index is -0.00000180. The van der Waals surface area contributed by atoms with Crippen molar-refractivity contribution in [3.63, 3.8) is 0 Å². The first kappa shape index (κ1) is 26.1. The molecule has 0 N–H and O–H groups in total. The van der Waals surface area contributed by atoms with Crippen molar-refractivity contribution in [2.24, 2.45) is 0 Å². The minimum atomic E-state index is -1.53. The van der Waals surface area contributed by atoms with Gasteiger partial charge in [-0.05, 0) is 0 Å². The maximum absolute atomic E-state index is 10.4. The molecule has 0 saturated heterocycles. The maximum atomic E-state index is 10.4. The van der Waals surface area contributed by atoms with Gasteiger partial charge in [0.25, 0.3) is 0 Å². The summed E-state index contributed by atoms with van der Waals surface area (Å²) >= 11 is 0. The van der Waals surface area contributed by atoms with Gasteiger partial charge in [0.15, 0.2) is 0 Å². The van der Waals surface area contributed by atoms with Crippen molar-refractivity contribution in [1.29, 1.82) is 0 Å². The van der Waals surface area contributed by atoms with Crippen LogP contribution in [-0.2, 0) is 60.4 Å². The summed E-state index contributed by atoms with van der Waals surface area (Å²) in [7, 11) is 0. The first-order valence-electron chi connectivity index (χ1n) is 5.44. The predicted octanol–water partition coefficient (Wildman–Crippen LogP) is -7.42. The average molecular weight is 401 g/mol. The van der Waals surface area contributed by atoms with E-state index in [1.165, 1.54) is 0 Å². The van der Waals surface area contributed by atoms with E-state index in [9.17, 15) is 39.6 Å². The first-order valence-corrected chi connectivity index (χ1v) is 5.44. The molecule has 22 heavy (non-hydrogen) atoms. The Morgan fingerprint density at radius 1 is 0.591 bits per heavy atom. The molecule has 0 aliphatic rings. The Bertz CT molecular complexity index is 327. The van der Waals surface area contributed by atoms with Crippen molar-refractivity contribution < 1.29 is 80.8 Å². The molecule has 10 nitrogen and oxygen atoms in total. The summed E-state index contributed by atoms with van der Waals surface area (Å²) < 4.78 is 0. The van der Waals surface area contributed by atoms with E-state index in [4.69, 9.17) is 0 Å². The van der Waals surface area contributed by atoms with Crippen LogP contribution in [0.1, 0.15) is 0 Å². The van der Waals surface area contributed by atoms with Crippen LogP contribution in [-0.4, -0.2) is 72.9 Å². The molecule has 0 aromatic heterocycles. The molecule has 0 rings (SSSR count). The second-order valence-electron chi connectivity index (χ2n) is 3.91. The molecule has 12 heteroatoms. The van der Waals surface area contributed by atoms with Gasteiger partial charge in [0.05, 0.1) is 23.9 Å². The summed E-state index contributed by atoms with van der Waals surface area (Å²) in [5, 5.41) is 41.6. The molecule has 0 heterocycles. The number of hydrogen-bond donors (Lipinski definition) is 0. The number of rotatable bonds is 11. The van der Waals surface area contributed by atoms with Crippen LogP contribution < -0.4 is 20.4 Å². The van der Waals surface area contributed by atoms with Crippen molar-refractivity contribution >= 4 is 23.9 Å². The number of hydrogen-bond acceptors (Lipinski definition) is 10. The summed E-state index contributed by atoms with van der Waals surface area (Å²) in [4.78, 5) is 43.4. The smallest absolute Gasteiger partial charge is 0.549 e. The molecule has 0 spiro atoms. The molecular weight excluding hydrogens is 389 g/mol.